The largest absolute Gasteiger partial charge is 0.353 e. The van der Waals surface area contributed by atoms with Crippen molar-refractivity contribution in [1.29, 1.82) is 0 Å². The molecule has 0 unspecified atom stereocenters. The molecule has 0 saturated heterocycles. The van der Waals surface area contributed by atoms with Crippen LogP contribution in [0.4, 0.5) is 0 Å². The quantitative estimate of drug-likeness (QED) is 0.356. The molecular formula is C26H26N2OS. The predicted octanol–water partition coefficient (Wildman–Crippen LogP) is 5.84. The summed E-state index contributed by atoms with van der Waals surface area (Å²) < 4.78 is 2.08. The van der Waals surface area contributed by atoms with Crippen LogP contribution in [0, 0.1) is 0 Å². The number of carbonyl (C=O) groups is 1. The van der Waals surface area contributed by atoms with E-state index in [0.29, 0.717) is 19.5 Å². The van der Waals surface area contributed by atoms with Gasteiger partial charge in [0.1, 0.15) is 0 Å². The maximum absolute atomic E-state index is 13.6. The molecule has 0 spiro atoms. The molecule has 3 nitrogen and oxygen atoms in total. The van der Waals surface area contributed by atoms with Gasteiger partial charge in [-0.05, 0) is 34.7 Å². The summed E-state index contributed by atoms with van der Waals surface area (Å²) >= 11 is 1.70. The first kappa shape index (κ1) is 20.2. The number of rotatable bonds is 8. The Morgan fingerprint density at radius 3 is 2.07 bits per heavy atom. The molecule has 152 valence electrons. The number of nitrogens with zero attached hydrogens (tertiary/aromatic N) is 2. The van der Waals surface area contributed by atoms with Gasteiger partial charge in [0.05, 0.1) is 13.1 Å². The van der Waals surface area contributed by atoms with Gasteiger partial charge < -0.3 is 9.47 Å². The molecule has 0 fully saturated rings. The zero-order valence-electron chi connectivity index (χ0n) is 17.1. The van der Waals surface area contributed by atoms with Crippen LogP contribution in [-0.4, -0.2) is 15.4 Å². The summed E-state index contributed by atoms with van der Waals surface area (Å²) in [5.74, 6) is 0.210. The Kier molecular flexibility index (Phi) is 6.45. The zero-order chi connectivity index (χ0) is 20.8. The minimum Gasteiger partial charge on any atom is -0.353 e. The van der Waals surface area contributed by atoms with Gasteiger partial charge in [-0.3, -0.25) is 4.79 Å². The minimum atomic E-state index is 0.0409. The molecule has 4 rings (SSSR count). The van der Waals surface area contributed by atoms with E-state index in [1.165, 1.54) is 16.0 Å². The van der Waals surface area contributed by atoms with Crippen molar-refractivity contribution in [3.8, 4) is 0 Å². The first-order chi connectivity index (χ1) is 14.7. The third-order valence-electron chi connectivity index (χ3n) is 5.47. The van der Waals surface area contributed by atoms with Gasteiger partial charge in [0.2, 0.25) is 5.91 Å². The molecule has 0 saturated carbocycles. The molecule has 1 amide bonds. The summed E-state index contributed by atoms with van der Waals surface area (Å²) in [5, 5.41) is 2.07. The van der Waals surface area contributed by atoms with E-state index in [0.717, 1.165) is 5.69 Å². The van der Waals surface area contributed by atoms with Crippen LogP contribution >= 0.6 is 11.3 Å². The second kappa shape index (κ2) is 9.59. The van der Waals surface area contributed by atoms with Crippen molar-refractivity contribution in [2.45, 2.75) is 25.4 Å². The molecule has 2 heterocycles. The van der Waals surface area contributed by atoms with Crippen LogP contribution in [0.15, 0.2) is 96.5 Å². The number of hydrogen-bond donors (Lipinski definition) is 0. The van der Waals surface area contributed by atoms with Crippen LogP contribution in [0.1, 0.15) is 34.0 Å². The molecule has 2 aromatic carbocycles. The van der Waals surface area contributed by atoms with Crippen LogP contribution in [0.2, 0.25) is 0 Å². The monoisotopic (exact) mass is 414 g/mol. The molecule has 0 bridgehead atoms. The van der Waals surface area contributed by atoms with E-state index in [1.54, 1.807) is 11.3 Å². The molecule has 0 atom stereocenters. The third kappa shape index (κ3) is 4.89. The Morgan fingerprint density at radius 1 is 0.867 bits per heavy atom. The summed E-state index contributed by atoms with van der Waals surface area (Å²) in [6.07, 6.45) is 2.48. The Labute approximate surface area is 182 Å². The number of hydrogen-bond acceptors (Lipinski definition) is 2. The lowest BCUT2D eigenvalue weighted by atomic mass is 9.88. The van der Waals surface area contributed by atoms with Crippen molar-refractivity contribution in [3.05, 3.63) is 118 Å². The maximum atomic E-state index is 13.6. The molecule has 0 aliphatic rings. The van der Waals surface area contributed by atoms with Gasteiger partial charge in [-0.1, -0.05) is 66.7 Å². The standard InChI is InChI=1S/C26H26N2OS/c1-27-16-8-14-23(27)19-28(20-24-15-9-17-30-24)26(29)18-25(21-10-4-2-5-11-21)22-12-6-3-7-13-22/h2-17,25H,18-20H2,1H3. The van der Waals surface area contributed by atoms with E-state index in [9.17, 15) is 4.79 Å². The summed E-state index contributed by atoms with van der Waals surface area (Å²) in [7, 11) is 2.03. The molecule has 4 aromatic rings. The highest BCUT2D eigenvalue weighted by atomic mass is 32.1. The fraction of sp³-hybridized carbons (Fsp3) is 0.192. The summed E-state index contributed by atoms with van der Waals surface area (Å²) in [6, 6.07) is 28.9. The zero-order valence-corrected chi connectivity index (χ0v) is 18.0. The molecule has 30 heavy (non-hydrogen) atoms. The topological polar surface area (TPSA) is 25.2 Å². The fourth-order valence-electron chi connectivity index (χ4n) is 3.78. The lowest BCUT2D eigenvalue weighted by Gasteiger charge is -2.26. The van der Waals surface area contributed by atoms with Crippen LogP contribution in [-0.2, 0) is 24.9 Å². The van der Waals surface area contributed by atoms with Gasteiger partial charge in [0, 0.05) is 36.2 Å². The minimum absolute atomic E-state index is 0.0409. The fourth-order valence-corrected chi connectivity index (χ4v) is 4.50. The van der Waals surface area contributed by atoms with Crippen LogP contribution in [0.25, 0.3) is 0 Å². The average molecular weight is 415 g/mol. The van der Waals surface area contributed by atoms with Crippen molar-refractivity contribution < 1.29 is 4.79 Å². The van der Waals surface area contributed by atoms with Crippen LogP contribution in [0.3, 0.4) is 0 Å². The summed E-state index contributed by atoms with van der Waals surface area (Å²) in [5.41, 5.74) is 3.48. The maximum Gasteiger partial charge on any atom is 0.224 e. The van der Waals surface area contributed by atoms with Crippen molar-refractivity contribution in [2.24, 2.45) is 7.05 Å². The number of aryl methyl sites for hydroxylation is 1. The Hall–Kier alpha value is -3.11. The summed E-state index contributed by atoms with van der Waals surface area (Å²) in [4.78, 5) is 16.8. The van der Waals surface area contributed by atoms with Crippen molar-refractivity contribution in [1.82, 2.24) is 9.47 Å². The van der Waals surface area contributed by atoms with Crippen LogP contribution < -0.4 is 0 Å². The van der Waals surface area contributed by atoms with E-state index < -0.39 is 0 Å². The average Bonchev–Trinajstić information content (AvgIpc) is 3.44. The SMILES string of the molecule is Cn1cccc1CN(Cc1cccs1)C(=O)CC(c1ccccc1)c1ccccc1. The molecule has 0 aliphatic heterocycles. The van der Waals surface area contributed by atoms with Gasteiger partial charge in [-0.25, -0.2) is 0 Å². The Morgan fingerprint density at radius 2 is 1.53 bits per heavy atom. The van der Waals surface area contributed by atoms with Gasteiger partial charge >= 0.3 is 0 Å². The molecule has 2 aromatic heterocycles. The van der Waals surface area contributed by atoms with E-state index in [1.807, 2.05) is 66.7 Å². The van der Waals surface area contributed by atoms with Crippen molar-refractivity contribution >= 4 is 17.2 Å². The molecular weight excluding hydrogens is 388 g/mol. The number of thiophene rings is 1. The van der Waals surface area contributed by atoms with E-state index >= 15 is 0 Å². The molecule has 0 N–H and O–H groups in total. The number of benzene rings is 2. The van der Waals surface area contributed by atoms with Gasteiger partial charge in [-0.15, -0.1) is 11.3 Å². The highest BCUT2D eigenvalue weighted by Crippen LogP contribution is 2.29. The molecule has 0 aliphatic carbocycles. The lowest BCUT2D eigenvalue weighted by molar-refractivity contribution is -0.132. The highest BCUT2D eigenvalue weighted by Gasteiger charge is 2.23. The predicted molar refractivity (Wildman–Crippen MR) is 123 cm³/mol. The van der Waals surface area contributed by atoms with E-state index in [4.69, 9.17) is 0 Å². The lowest BCUT2D eigenvalue weighted by Crippen LogP contribution is -2.31. The number of carbonyl (C=O) groups excluding carboxylic acids is 1. The van der Waals surface area contributed by atoms with Crippen LogP contribution in [0.5, 0.6) is 0 Å². The summed E-state index contributed by atoms with van der Waals surface area (Å²) in [6.45, 7) is 1.24. The third-order valence-corrected chi connectivity index (χ3v) is 6.33. The molecule has 4 heteroatoms. The number of aromatic nitrogens is 1. The Bertz CT molecular complexity index is 1020. The van der Waals surface area contributed by atoms with Gasteiger partial charge in [0.25, 0.3) is 0 Å². The highest BCUT2D eigenvalue weighted by molar-refractivity contribution is 7.09. The van der Waals surface area contributed by atoms with Gasteiger partial charge in [-0.2, -0.15) is 0 Å². The Balaban J connectivity index is 1.61. The smallest absolute Gasteiger partial charge is 0.224 e. The number of amides is 1. The first-order valence-electron chi connectivity index (χ1n) is 10.2. The molecule has 0 radical (unpaired) electrons. The first-order valence-corrected chi connectivity index (χ1v) is 11.1. The normalized spacial score (nSPS) is 11.0. The van der Waals surface area contributed by atoms with E-state index in [2.05, 4.69) is 46.3 Å². The van der Waals surface area contributed by atoms with E-state index in [-0.39, 0.29) is 11.8 Å². The van der Waals surface area contributed by atoms with Crippen molar-refractivity contribution in [2.75, 3.05) is 0 Å². The van der Waals surface area contributed by atoms with Gasteiger partial charge in [0.15, 0.2) is 0 Å². The van der Waals surface area contributed by atoms with Crippen molar-refractivity contribution in [3.63, 3.8) is 0 Å². The second-order valence-electron chi connectivity index (χ2n) is 7.52. The second-order valence-corrected chi connectivity index (χ2v) is 8.55.